The molecule has 5 nitrogen and oxygen atoms in total. The molecule has 0 bridgehead atoms. The van der Waals surface area contributed by atoms with Crippen LogP contribution in [0.3, 0.4) is 0 Å². The number of rotatable bonds is 7. The third-order valence-corrected chi connectivity index (χ3v) is 4.32. The molecular formula is C18H24N4O. The second-order valence-electron chi connectivity index (χ2n) is 6.13. The molecule has 2 aromatic rings. The highest BCUT2D eigenvalue weighted by molar-refractivity contribution is 5.74. The zero-order valence-corrected chi connectivity index (χ0v) is 13.6. The van der Waals surface area contributed by atoms with Crippen LogP contribution < -0.4 is 5.32 Å². The van der Waals surface area contributed by atoms with Crippen molar-refractivity contribution in [3.63, 3.8) is 0 Å². The van der Waals surface area contributed by atoms with E-state index in [1.165, 1.54) is 5.56 Å². The summed E-state index contributed by atoms with van der Waals surface area (Å²) in [7, 11) is 1.86. The van der Waals surface area contributed by atoms with E-state index in [1.54, 1.807) is 11.1 Å². The van der Waals surface area contributed by atoms with E-state index in [0.717, 1.165) is 38.1 Å². The van der Waals surface area contributed by atoms with Crippen molar-refractivity contribution in [3.05, 3.63) is 54.1 Å². The average Bonchev–Trinajstić information content (AvgIpc) is 3.33. The first-order valence-electron chi connectivity index (χ1n) is 8.28. The van der Waals surface area contributed by atoms with Crippen LogP contribution in [0, 0.1) is 0 Å². The molecule has 122 valence electrons. The molecule has 1 fully saturated rings. The van der Waals surface area contributed by atoms with Gasteiger partial charge in [-0.25, -0.2) is 9.78 Å². The Morgan fingerprint density at radius 3 is 2.87 bits per heavy atom. The Bertz CT molecular complexity index is 633. The summed E-state index contributed by atoms with van der Waals surface area (Å²) in [6, 6.07) is 10.9. The minimum absolute atomic E-state index is 0.00802. The number of carbonyl (C=O) groups excluding carboxylic acids is 1. The van der Waals surface area contributed by atoms with E-state index in [0.29, 0.717) is 12.6 Å². The van der Waals surface area contributed by atoms with Gasteiger partial charge in [0.05, 0.1) is 6.54 Å². The predicted molar refractivity (Wildman–Crippen MR) is 90.0 cm³/mol. The van der Waals surface area contributed by atoms with Crippen molar-refractivity contribution in [1.29, 1.82) is 0 Å². The van der Waals surface area contributed by atoms with E-state index < -0.39 is 0 Å². The van der Waals surface area contributed by atoms with E-state index in [2.05, 4.69) is 39.1 Å². The van der Waals surface area contributed by atoms with Crippen molar-refractivity contribution >= 4 is 6.03 Å². The minimum Gasteiger partial charge on any atom is -0.333 e. The Hall–Kier alpha value is -2.30. The zero-order chi connectivity index (χ0) is 16.1. The molecule has 1 saturated carbocycles. The lowest BCUT2D eigenvalue weighted by molar-refractivity contribution is 0.206. The van der Waals surface area contributed by atoms with Crippen LogP contribution >= 0.6 is 0 Å². The number of amides is 2. The number of hydrogen-bond donors (Lipinski definition) is 1. The average molecular weight is 312 g/mol. The van der Waals surface area contributed by atoms with Crippen LogP contribution in [0.15, 0.2) is 42.7 Å². The van der Waals surface area contributed by atoms with E-state index in [-0.39, 0.29) is 6.03 Å². The Morgan fingerprint density at radius 2 is 2.13 bits per heavy atom. The monoisotopic (exact) mass is 312 g/mol. The molecular weight excluding hydrogens is 288 g/mol. The van der Waals surface area contributed by atoms with Crippen LogP contribution in [-0.4, -0.2) is 33.6 Å². The highest BCUT2D eigenvalue weighted by atomic mass is 16.2. The zero-order valence-electron chi connectivity index (χ0n) is 13.6. The molecule has 1 N–H and O–H groups in total. The van der Waals surface area contributed by atoms with Gasteiger partial charge in [0.2, 0.25) is 0 Å². The van der Waals surface area contributed by atoms with Gasteiger partial charge in [-0.2, -0.15) is 0 Å². The van der Waals surface area contributed by atoms with Gasteiger partial charge in [-0.3, -0.25) is 0 Å². The fraction of sp³-hybridized carbons (Fsp3) is 0.444. The highest BCUT2D eigenvalue weighted by Crippen LogP contribution is 2.25. The van der Waals surface area contributed by atoms with Crippen molar-refractivity contribution < 1.29 is 4.79 Å². The first-order valence-corrected chi connectivity index (χ1v) is 8.28. The number of imidazole rings is 1. The molecule has 1 aromatic heterocycles. The fourth-order valence-corrected chi connectivity index (χ4v) is 2.72. The SMILES string of the molecule is CN(C(=O)NCc1nccn1CCCc1ccccc1)C1CC1. The normalized spacial score (nSPS) is 13.8. The molecule has 0 spiro atoms. The number of benzene rings is 1. The number of nitrogens with zero attached hydrogens (tertiary/aromatic N) is 3. The molecule has 0 unspecified atom stereocenters. The van der Waals surface area contributed by atoms with Crippen LogP contribution in [0.5, 0.6) is 0 Å². The summed E-state index contributed by atoms with van der Waals surface area (Å²) >= 11 is 0. The fourth-order valence-electron chi connectivity index (χ4n) is 2.72. The molecule has 5 heteroatoms. The number of carbonyl (C=O) groups is 1. The summed E-state index contributed by atoms with van der Waals surface area (Å²) in [4.78, 5) is 18.2. The van der Waals surface area contributed by atoms with Gasteiger partial charge in [-0.05, 0) is 31.2 Å². The number of aromatic nitrogens is 2. The van der Waals surface area contributed by atoms with E-state index >= 15 is 0 Å². The molecule has 0 radical (unpaired) electrons. The van der Waals surface area contributed by atoms with E-state index in [9.17, 15) is 4.79 Å². The van der Waals surface area contributed by atoms with Crippen molar-refractivity contribution in [2.45, 2.75) is 44.8 Å². The quantitative estimate of drug-likeness (QED) is 0.854. The van der Waals surface area contributed by atoms with Gasteiger partial charge in [0.1, 0.15) is 5.82 Å². The summed E-state index contributed by atoms with van der Waals surface area (Å²) < 4.78 is 2.13. The second kappa shape index (κ2) is 7.31. The molecule has 23 heavy (non-hydrogen) atoms. The van der Waals surface area contributed by atoms with Crippen molar-refractivity contribution in [2.75, 3.05) is 7.05 Å². The third kappa shape index (κ3) is 4.34. The summed E-state index contributed by atoms with van der Waals surface area (Å²) in [6.45, 7) is 1.40. The van der Waals surface area contributed by atoms with Gasteiger partial charge >= 0.3 is 6.03 Å². The van der Waals surface area contributed by atoms with Crippen LogP contribution in [0.4, 0.5) is 4.79 Å². The lowest BCUT2D eigenvalue weighted by Crippen LogP contribution is -2.38. The van der Waals surface area contributed by atoms with Crippen molar-refractivity contribution in [1.82, 2.24) is 19.8 Å². The highest BCUT2D eigenvalue weighted by Gasteiger charge is 2.29. The predicted octanol–water partition coefficient (Wildman–Crippen LogP) is 2.82. The largest absolute Gasteiger partial charge is 0.333 e. The molecule has 0 saturated heterocycles. The first kappa shape index (κ1) is 15.6. The second-order valence-corrected chi connectivity index (χ2v) is 6.13. The molecule has 1 heterocycles. The molecule has 1 aliphatic carbocycles. The summed E-state index contributed by atoms with van der Waals surface area (Å²) in [5.41, 5.74) is 1.36. The summed E-state index contributed by atoms with van der Waals surface area (Å²) in [5.74, 6) is 0.913. The maximum atomic E-state index is 12.0. The van der Waals surface area contributed by atoms with Gasteiger partial charge in [-0.15, -0.1) is 0 Å². The van der Waals surface area contributed by atoms with Crippen molar-refractivity contribution in [2.24, 2.45) is 0 Å². The van der Waals surface area contributed by atoms with Crippen LogP contribution in [0.1, 0.15) is 30.7 Å². The number of nitrogens with one attached hydrogen (secondary N) is 1. The van der Waals surface area contributed by atoms with Gasteiger partial charge < -0.3 is 14.8 Å². The lowest BCUT2D eigenvalue weighted by Gasteiger charge is -2.17. The Labute approximate surface area is 137 Å². The molecule has 3 rings (SSSR count). The standard InChI is InChI=1S/C18H24N4O/c1-21(16-9-10-16)18(23)20-14-17-19-11-13-22(17)12-5-8-15-6-3-2-4-7-15/h2-4,6-7,11,13,16H,5,8-10,12,14H2,1H3,(H,20,23). The van der Waals surface area contributed by atoms with E-state index in [4.69, 9.17) is 0 Å². The van der Waals surface area contributed by atoms with Gasteiger partial charge in [0.25, 0.3) is 0 Å². The van der Waals surface area contributed by atoms with Crippen LogP contribution in [-0.2, 0) is 19.5 Å². The van der Waals surface area contributed by atoms with Gasteiger partial charge in [0, 0.05) is 32.0 Å². The van der Waals surface area contributed by atoms with Crippen molar-refractivity contribution in [3.8, 4) is 0 Å². The molecule has 2 amide bonds. The molecule has 1 aliphatic rings. The van der Waals surface area contributed by atoms with E-state index in [1.807, 2.05) is 19.3 Å². The topological polar surface area (TPSA) is 50.2 Å². The third-order valence-electron chi connectivity index (χ3n) is 4.32. The van der Waals surface area contributed by atoms with Crippen LogP contribution in [0.25, 0.3) is 0 Å². The van der Waals surface area contributed by atoms with Gasteiger partial charge in [-0.1, -0.05) is 30.3 Å². The maximum Gasteiger partial charge on any atom is 0.317 e. The first-order chi connectivity index (χ1) is 11.2. The number of aryl methyl sites for hydroxylation is 2. The Balaban J connectivity index is 1.46. The van der Waals surface area contributed by atoms with Gasteiger partial charge in [0.15, 0.2) is 0 Å². The molecule has 0 aliphatic heterocycles. The number of hydrogen-bond acceptors (Lipinski definition) is 2. The Kier molecular flexibility index (Phi) is 4.95. The Morgan fingerprint density at radius 1 is 1.35 bits per heavy atom. The smallest absolute Gasteiger partial charge is 0.317 e. The lowest BCUT2D eigenvalue weighted by atomic mass is 10.1. The minimum atomic E-state index is -0.00802. The summed E-state index contributed by atoms with van der Waals surface area (Å²) in [5, 5.41) is 2.96. The maximum absolute atomic E-state index is 12.0. The molecule has 0 atom stereocenters. The number of urea groups is 1. The van der Waals surface area contributed by atoms with Crippen LogP contribution in [0.2, 0.25) is 0 Å². The summed E-state index contributed by atoms with van der Waals surface area (Å²) in [6.07, 6.45) is 8.14. The molecule has 1 aromatic carbocycles.